The Morgan fingerprint density at radius 3 is 2.00 bits per heavy atom. The van der Waals surface area contributed by atoms with Crippen LogP contribution < -0.4 is 0 Å². The van der Waals surface area contributed by atoms with E-state index in [9.17, 15) is 0 Å². The molecule has 17 heavy (non-hydrogen) atoms. The molecule has 94 valence electrons. The Morgan fingerprint density at radius 1 is 1.06 bits per heavy atom. The van der Waals surface area contributed by atoms with E-state index in [1.807, 2.05) is 0 Å². The Kier molecular flexibility index (Phi) is 5.92. The minimum Gasteiger partial charge on any atom is -0.0745 e. The van der Waals surface area contributed by atoms with Gasteiger partial charge in [-0.2, -0.15) is 0 Å². The number of allylic oxidation sites excluding steroid dienone is 1. The van der Waals surface area contributed by atoms with E-state index >= 15 is 0 Å². The zero-order valence-electron chi connectivity index (χ0n) is 11.8. The molecule has 0 bridgehead atoms. The summed E-state index contributed by atoms with van der Waals surface area (Å²) < 4.78 is 0. The number of rotatable bonds is 5. The molecule has 0 spiro atoms. The third-order valence-corrected chi connectivity index (χ3v) is 6.27. The van der Waals surface area contributed by atoms with Gasteiger partial charge in [0.25, 0.3) is 0 Å². The highest BCUT2D eigenvalue weighted by Gasteiger charge is 2.19. The van der Waals surface area contributed by atoms with Crippen LogP contribution in [0.2, 0.25) is 0 Å². The van der Waals surface area contributed by atoms with Gasteiger partial charge in [0, 0.05) is 0 Å². The summed E-state index contributed by atoms with van der Waals surface area (Å²) in [5, 5.41) is 1.65. The van der Waals surface area contributed by atoms with E-state index < -0.39 is 0 Å². The summed E-state index contributed by atoms with van der Waals surface area (Å²) in [5.74, 6) is 0. The Hall–Kier alpha value is -0.610. The first kappa shape index (κ1) is 14.5. The molecule has 0 amide bonds. The van der Waals surface area contributed by atoms with E-state index in [1.54, 1.807) is 5.31 Å². The van der Waals surface area contributed by atoms with Crippen molar-refractivity contribution in [3.8, 4) is 0 Å². The lowest BCUT2D eigenvalue weighted by Crippen LogP contribution is -2.05. The largest absolute Gasteiger partial charge is 0.0745 e. The third kappa shape index (κ3) is 4.28. The van der Waals surface area contributed by atoms with Crippen LogP contribution in [0.1, 0.15) is 46.6 Å². The highest BCUT2D eigenvalue weighted by molar-refractivity contribution is 7.63. The molecule has 0 saturated heterocycles. The van der Waals surface area contributed by atoms with Gasteiger partial charge in [0.1, 0.15) is 0 Å². The first-order valence-corrected chi connectivity index (χ1v) is 8.08. The summed E-state index contributed by atoms with van der Waals surface area (Å²) in [7, 11) is -0.00475. The fourth-order valence-corrected chi connectivity index (χ4v) is 5.54. The van der Waals surface area contributed by atoms with Gasteiger partial charge in [-0.05, 0) is 28.6 Å². The molecule has 0 aromatic heterocycles. The molecule has 0 fully saturated rings. The second-order valence-electron chi connectivity index (χ2n) is 4.99. The summed E-state index contributed by atoms with van der Waals surface area (Å²) in [5.41, 5.74) is 2.90. The van der Waals surface area contributed by atoms with Crippen molar-refractivity contribution in [1.29, 1.82) is 0 Å². The summed E-state index contributed by atoms with van der Waals surface area (Å²) in [6, 6.07) is 10.7. The number of benzene rings is 1. The molecule has 0 aliphatic carbocycles. The highest BCUT2D eigenvalue weighted by Crippen LogP contribution is 2.55. The van der Waals surface area contributed by atoms with E-state index in [1.165, 1.54) is 12.0 Å². The normalized spacial score (nSPS) is 12.8. The lowest BCUT2D eigenvalue weighted by atomic mass is 10.2. The smallest absolute Gasteiger partial charge is 0.0227 e. The number of hydrogen-bond donors (Lipinski definition) is 0. The van der Waals surface area contributed by atoms with E-state index in [0.29, 0.717) is 0 Å². The maximum Gasteiger partial charge on any atom is -0.0227 e. The Bertz CT molecular complexity index is 341. The molecule has 0 unspecified atom stereocenters. The average Bonchev–Trinajstić information content (AvgIpc) is 2.28. The Labute approximate surface area is 108 Å². The molecule has 0 saturated carbocycles. The van der Waals surface area contributed by atoms with Crippen LogP contribution in [0.4, 0.5) is 0 Å². The first-order valence-electron chi connectivity index (χ1n) is 6.60. The molecular formula is C16H25P. The van der Waals surface area contributed by atoms with Crippen molar-refractivity contribution in [2.75, 3.05) is 0 Å². The molecule has 0 heterocycles. The molecule has 1 rings (SSSR count). The van der Waals surface area contributed by atoms with E-state index in [0.717, 1.165) is 11.3 Å². The summed E-state index contributed by atoms with van der Waals surface area (Å²) in [6.07, 6.45) is 3.59. The van der Waals surface area contributed by atoms with Crippen LogP contribution in [0.5, 0.6) is 0 Å². The van der Waals surface area contributed by atoms with Crippen LogP contribution in [0, 0.1) is 0 Å². The first-order chi connectivity index (χ1) is 8.06. The Balaban J connectivity index is 3.01. The monoisotopic (exact) mass is 248 g/mol. The van der Waals surface area contributed by atoms with Gasteiger partial charge in [-0.1, -0.05) is 78.9 Å². The molecule has 0 aliphatic heterocycles. The van der Waals surface area contributed by atoms with Crippen molar-refractivity contribution >= 4 is 14.0 Å². The van der Waals surface area contributed by atoms with Crippen molar-refractivity contribution in [3.63, 3.8) is 0 Å². The zero-order chi connectivity index (χ0) is 12.8. The zero-order valence-corrected chi connectivity index (χ0v) is 12.7. The SMILES string of the molecule is CCC(=Cc1ccccc1)P(C(C)C)C(C)C. The molecule has 0 radical (unpaired) electrons. The standard InChI is InChI=1S/C16H25P/c1-6-16(17(13(2)3)14(4)5)12-15-10-8-7-9-11-15/h7-14H,6H2,1-5H3. The van der Waals surface area contributed by atoms with Gasteiger partial charge in [0.05, 0.1) is 0 Å². The predicted molar refractivity (Wildman–Crippen MR) is 81.9 cm³/mol. The lowest BCUT2D eigenvalue weighted by Gasteiger charge is -2.28. The van der Waals surface area contributed by atoms with Gasteiger partial charge in [-0.3, -0.25) is 0 Å². The van der Waals surface area contributed by atoms with Gasteiger partial charge < -0.3 is 0 Å². The van der Waals surface area contributed by atoms with Gasteiger partial charge in [0.2, 0.25) is 0 Å². The minimum absolute atomic E-state index is 0.00475. The van der Waals surface area contributed by atoms with Crippen LogP contribution >= 0.6 is 7.92 Å². The topological polar surface area (TPSA) is 0 Å². The molecule has 1 aromatic carbocycles. The van der Waals surface area contributed by atoms with Crippen LogP contribution in [0.25, 0.3) is 6.08 Å². The van der Waals surface area contributed by atoms with Crippen LogP contribution in [-0.4, -0.2) is 11.3 Å². The molecule has 0 aliphatic rings. The molecule has 0 N–H and O–H groups in total. The van der Waals surface area contributed by atoms with Crippen molar-refractivity contribution in [1.82, 2.24) is 0 Å². The van der Waals surface area contributed by atoms with Gasteiger partial charge >= 0.3 is 0 Å². The average molecular weight is 248 g/mol. The molecule has 1 heteroatoms. The predicted octanol–water partition coefficient (Wildman–Crippen LogP) is 5.74. The lowest BCUT2D eigenvalue weighted by molar-refractivity contribution is 1.00. The van der Waals surface area contributed by atoms with Crippen molar-refractivity contribution < 1.29 is 0 Å². The van der Waals surface area contributed by atoms with E-state index in [-0.39, 0.29) is 7.92 Å². The third-order valence-electron chi connectivity index (χ3n) is 2.94. The van der Waals surface area contributed by atoms with E-state index in [4.69, 9.17) is 0 Å². The van der Waals surface area contributed by atoms with E-state index in [2.05, 4.69) is 71.0 Å². The van der Waals surface area contributed by atoms with Crippen LogP contribution in [0.3, 0.4) is 0 Å². The maximum atomic E-state index is 2.41. The number of hydrogen-bond acceptors (Lipinski definition) is 0. The molecule has 1 aromatic rings. The second kappa shape index (κ2) is 6.97. The summed E-state index contributed by atoms with van der Waals surface area (Å²) in [4.78, 5) is 0. The maximum absolute atomic E-state index is 2.41. The molecule has 0 atom stereocenters. The van der Waals surface area contributed by atoms with Gasteiger partial charge in [0.15, 0.2) is 0 Å². The summed E-state index contributed by atoms with van der Waals surface area (Å²) in [6.45, 7) is 11.7. The fourth-order valence-electron chi connectivity index (χ4n) is 2.36. The van der Waals surface area contributed by atoms with Crippen molar-refractivity contribution in [2.24, 2.45) is 0 Å². The fraction of sp³-hybridized carbons (Fsp3) is 0.500. The minimum atomic E-state index is -0.00475. The van der Waals surface area contributed by atoms with Crippen LogP contribution in [-0.2, 0) is 0 Å². The van der Waals surface area contributed by atoms with Gasteiger partial charge in [-0.25, -0.2) is 0 Å². The highest BCUT2D eigenvalue weighted by atomic mass is 31.1. The molecule has 0 nitrogen and oxygen atoms in total. The van der Waals surface area contributed by atoms with Crippen LogP contribution in [0.15, 0.2) is 35.6 Å². The quantitative estimate of drug-likeness (QED) is 0.583. The van der Waals surface area contributed by atoms with Gasteiger partial charge in [-0.15, -0.1) is 0 Å². The van der Waals surface area contributed by atoms with Crippen molar-refractivity contribution in [3.05, 3.63) is 41.2 Å². The molecular weight excluding hydrogens is 223 g/mol. The Morgan fingerprint density at radius 2 is 1.59 bits per heavy atom. The summed E-state index contributed by atoms with van der Waals surface area (Å²) >= 11 is 0. The van der Waals surface area contributed by atoms with Crippen molar-refractivity contribution in [2.45, 2.75) is 52.4 Å². The second-order valence-corrected chi connectivity index (χ2v) is 8.45.